The molecule has 1 aliphatic rings. The van der Waals surface area contributed by atoms with Crippen molar-refractivity contribution in [2.24, 2.45) is 0 Å². The number of nitro groups is 1. The third-order valence-electron chi connectivity index (χ3n) is 4.53. The molecule has 3 rings (SSSR count). The molecule has 0 unspecified atom stereocenters. The number of morpholine rings is 1. The highest BCUT2D eigenvalue weighted by Gasteiger charge is 2.23. The number of nitro benzene ring substituents is 1. The van der Waals surface area contributed by atoms with Crippen LogP contribution in [0.25, 0.3) is 0 Å². The lowest BCUT2D eigenvalue weighted by molar-refractivity contribution is -0.384. The minimum atomic E-state index is -0.448. The van der Waals surface area contributed by atoms with Gasteiger partial charge in [0.1, 0.15) is 5.82 Å². The van der Waals surface area contributed by atoms with Gasteiger partial charge in [-0.05, 0) is 42.0 Å². The van der Waals surface area contributed by atoms with E-state index >= 15 is 0 Å². The maximum Gasteiger partial charge on any atom is 0.269 e. The molecule has 2 aromatic carbocycles. The zero-order valence-corrected chi connectivity index (χ0v) is 16.0. The third kappa shape index (κ3) is 5.44. The largest absolute Gasteiger partial charge is 0.379 e. The SMILES string of the molecule is O=[N+]([O-])c1ccc(NC(=S)NC[C@H](c2ccc(F)cc2)N2CCOCC2)cc1. The second-order valence-corrected chi connectivity index (χ2v) is 6.76. The number of benzene rings is 2. The van der Waals surface area contributed by atoms with Gasteiger partial charge >= 0.3 is 0 Å². The van der Waals surface area contributed by atoms with Crippen LogP contribution in [-0.2, 0) is 4.74 Å². The number of halogens is 1. The molecule has 0 spiro atoms. The number of rotatable bonds is 6. The first-order valence-corrected chi connectivity index (χ1v) is 9.30. The molecule has 1 fully saturated rings. The summed E-state index contributed by atoms with van der Waals surface area (Å²) < 4.78 is 18.7. The predicted molar refractivity (Wildman–Crippen MR) is 109 cm³/mol. The summed E-state index contributed by atoms with van der Waals surface area (Å²) in [7, 11) is 0. The second-order valence-electron chi connectivity index (χ2n) is 6.35. The fourth-order valence-electron chi connectivity index (χ4n) is 3.06. The van der Waals surface area contributed by atoms with Gasteiger partial charge in [0.2, 0.25) is 0 Å². The molecule has 7 nitrogen and oxygen atoms in total. The van der Waals surface area contributed by atoms with Crippen molar-refractivity contribution in [3.63, 3.8) is 0 Å². The monoisotopic (exact) mass is 404 g/mol. The summed E-state index contributed by atoms with van der Waals surface area (Å²) in [6.45, 7) is 3.41. The van der Waals surface area contributed by atoms with E-state index in [2.05, 4.69) is 15.5 Å². The number of hydrogen-bond acceptors (Lipinski definition) is 5. The van der Waals surface area contributed by atoms with Crippen molar-refractivity contribution in [2.45, 2.75) is 6.04 Å². The Hall–Kier alpha value is -2.62. The van der Waals surface area contributed by atoms with E-state index in [4.69, 9.17) is 17.0 Å². The number of ether oxygens (including phenoxy) is 1. The van der Waals surface area contributed by atoms with Crippen LogP contribution >= 0.6 is 12.2 Å². The fraction of sp³-hybridized carbons (Fsp3) is 0.316. The molecule has 1 saturated heterocycles. The first-order valence-electron chi connectivity index (χ1n) is 8.89. The van der Waals surface area contributed by atoms with Crippen LogP contribution in [0.2, 0.25) is 0 Å². The summed E-state index contributed by atoms with van der Waals surface area (Å²) in [5.41, 5.74) is 1.68. The molecule has 0 amide bonds. The van der Waals surface area contributed by atoms with Crippen molar-refractivity contribution >= 4 is 28.7 Å². The van der Waals surface area contributed by atoms with E-state index in [0.29, 0.717) is 30.6 Å². The summed E-state index contributed by atoms with van der Waals surface area (Å²) in [4.78, 5) is 12.6. The Balaban J connectivity index is 1.62. The molecule has 0 aliphatic carbocycles. The van der Waals surface area contributed by atoms with Crippen LogP contribution in [0.4, 0.5) is 15.8 Å². The summed E-state index contributed by atoms with van der Waals surface area (Å²) in [6.07, 6.45) is 0. The van der Waals surface area contributed by atoms with Gasteiger partial charge in [0, 0.05) is 37.5 Å². The van der Waals surface area contributed by atoms with Crippen LogP contribution in [0.5, 0.6) is 0 Å². The Labute approximate surface area is 167 Å². The standard InChI is InChI=1S/C19H21FN4O3S/c20-15-3-1-14(2-4-15)18(23-9-11-27-12-10-23)13-21-19(28)22-16-5-7-17(8-6-16)24(25)26/h1-8,18H,9-13H2,(H2,21,22,28)/t18-/m1/s1. The molecule has 148 valence electrons. The molecule has 1 heterocycles. The van der Waals surface area contributed by atoms with Crippen molar-refractivity contribution < 1.29 is 14.1 Å². The van der Waals surface area contributed by atoms with Crippen molar-refractivity contribution in [1.82, 2.24) is 10.2 Å². The van der Waals surface area contributed by atoms with E-state index in [1.54, 1.807) is 24.3 Å². The number of hydrogen-bond donors (Lipinski definition) is 2. The average molecular weight is 404 g/mol. The zero-order valence-electron chi connectivity index (χ0n) is 15.1. The lowest BCUT2D eigenvalue weighted by atomic mass is 10.0. The molecule has 2 aromatic rings. The van der Waals surface area contributed by atoms with Crippen molar-refractivity contribution in [3.8, 4) is 0 Å². The van der Waals surface area contributed by atoms with Crippen LogP contribution in [0.15, 0.2) is 48.5 Å². The van der Waals surface area contributed by atoms with E-state index < -0.39 is 4.92 Å². The van der Waals surface area contributed by atoms with E-state index in [-0.39, 0.29) is 17.5 Å². The number of non-ortho nitro benzene ring substituents is 1. The lowest BCUT2D eigenvalue weighted by Crippen LogP contribution is -2.44. The Morgan fingerprint density at radius 2 is 1.82 bits per heavy atom. The summed E-state index contributed by atoms with van der Waals surface area (Å²) >= 11 is 5.35. The van der Waals surface area contributed by atoms with Crippen LogP contribution in [0.3, 0.4) is 0 Å². The van der Waals surface area contributed by atoms with E-state index in [1.165, 1.54) is 24.3 Å². The summed E-state index contributed by atoms with van der Waals surface area (Å²) in [6, 6.07) is 12.5. The highest BCUT2D eigenvalue weighted by molar-refractivity contribution is 7.80. The minimum absolute atomic E-state index is 0.0149. The van der Waals surface area contributed by atoms with Gasteiger partial charge in [0.05, 0.1) is 24.2 Å². The molecule has 0 aromatic heterocycles. The van der Waals surface area contributed by atoms with Crippen LogP contribution in [-0.4, -0.2) is 47.8 Å². The Bertz CT molecular complexity index is 811. The molecule has 1 aliphatic heterocycles. The smallest absolute Gasteiger partial charge is 0.269 e. The Morgan fingerprint density at radius 3 is 2.43 bits per heavy atom. The predicted octanol–water partition coefficient (Wildman–Crippen LogP) is 3.09. The van der Waals surface area contributed by atoms with Gasteiger partial charge in [-0.25, -0.2) is 4.39 Å². The van der Waals surface area contributed by atoms with Gasteiger partial charge in [0.25, 0.3) is 5.69 Å². The first kappa shape index (κ1) is 20.1. The molecule has 1 atom stereocenters. The average Bonchev–Trinajstić information content (AvgIpc) is 2.70. The highest BCUT2D eigenvalue weighted by atomic mass is 32.1. The third-order valence-corrected chi connectivity index (χ3v) is 4.78. The number of nitrogens with one attached hydrogen (secondary N) is 2. The van der Waals surface area contributed by atoms with Crippen molar-refractivity contribution in [1.29, 1.82) is 0 Å². The highest BCUT2D eigenvalue weighted by Crippen LogP contribution is 2.22. The van der Waals surface area contributed by atoms with Crippen molar-refractivity contribution in [2.75, 3.05) is 38.2 Å². The summed E-state index contributed by atoms with van der Waals surface area (Å²) in [5, 5.41) is 17.3. The molecule has 0 radical (unpaired) electrons. The number of nitrogens with zero attached hydrogens (tertiary/aromatic N) is 2. The van der Waals surface area contributed by atoms with Crippen LogP contribution < -0.4 is 10.6 Å². The quantitative estimate of drug-likeness (QED) is 0.435. The van der Waals surface area contributed by atoms with Gasteiger partial charge in [-0.1, -0.05) is 12.1 Å². The van der Waals surface area contributed by atoms with E-state index in [0.717, 1.165) is 18.7 Å². The topological polar surface area (TPSA) is 79.7 Å². The minimum Gasteiger partial charge on any atom is -0.379 e. The normalized spacial score (nSPS) is 15.6. The zero-order chi connectivity index (χ0) is 19.9. The van der Waals surface area contributed by atoms with E-state index in [9.17, 15) is 14.5 Å². The van der Waals surface area contributed by atoms with E-state index in [1.807, 2.05) is 0 Å². The summed E-state index contributed by atoms with van der Waals surface area (Å²) in [5.74, 6) is -0.271. The number of anilines is 1. The molecular weight excluding hydrogens is 383 g/mol. The Kier molecular flexibility index (Phi) is 6.85. The van der Waals surface area contributed by atoms with Crippen LogP contribution in [0, 0.1) is 15.9 Å². The van der Waals surface area contributed by atoms with Crippen molar-refractivity contribution in [3.05, 3.63) is 70.0 Å². The molecular formula is C19H21FN4O3S. The maximum absolute atomic E-state index is 13.3. The maximum atomic E-state index is 13.3. The molecule has 9 heteroatoms. The van der Waals surface area contributed by atoms with Gasteiger partial charge in [0.15, 0.2) is 5.11 Å². The lowest BCUT2D eigenvalue weighted by Gasteiger charge is -2.35. The second kappa shape index (κ2) is 9.54. The van der Waals surface area contributed by atoms with Gasteiger partial charge in [-0.2, -0.15) is 0 Å². The van der Waals surface area contributed by atoms with Gasteiger partial charge < -0.3 is 15.4 Å². The van der Waals surface area contributed by atoms with Gasteiger partial charge in [-0.3, -0.25) is 15.0 Å². The van der Waals surface area contributed by atoms with Crippen LogP contribution in [0.1, 0.15) is 11.6 Å². The fourth-order valence-corrected chi connectivity index (χ4v) is 3.26. The molecule has 0 bridgehead atoms. The first-order chi connectivity index (χ1) is 13.5. The molecule has 0 saturated carbocycles. The Morgan fingerprint density at radius 1 is 1.18 bits per heavy atom. The molecule has 28 heavy (non-hydrogen) atoms. The van der Waals surface area contributed by atoms with Gasteiger partial charge in [-0.15, -0.1) is 0 Å². The molecule has 2 N–H and O–H groups in total. The number of thiocarbonyl (C=S) groups is 1.